The molecule has 8 heteroatoms. The van der Waals surface area contributed by atoms with Crippen LogP contribution in [0.5, 0.6) is 5.75 Å². The van der Waals surface area contributed by atoms with Crippen molar-refractivity contribution in [1.82, 2.24) is 4.90 Å². The van der Waals surface area contributed by atoms with E-state index in [1.807, 2.05) is 76.5 Å². The zero-order chi connectivity index (χ0) is 32.5. The number of halogens is 2. The summed E-state index contributed by atoms with van der Waals surface area (Å²) in [6, 6.07) is 28.4. The highest BCUT2D eigenvalue weighted by molar-refractivity contribution is 6.25. The summed E-state index contributed by atoms with van der Waals surface area (Å²) in [7, 11) is 3.30. The number of amides is 1. The van der Waals surface area contributed by atoms with Gasteiger partial charge in [0, 0.05) is 62.5 Å². The minimum absolute atomic E-state index is 0.0141. The molecule has 0 spiro atoms. The Labute approximate surface area is 273 Å². The summed E-state index contributed by atoms with van der Waals surface area (Å²) in [6.45, 7) is 3.74. The number of aliphatic imine (C=N–C) groups is 1. The monoisotopic (exact) mass is 630 g/mol. The lowest BCUT2D eigenvalue weighted by molar-refractivity contribution is 0.0991. The fourth-order valence-electron chi connectivity index (χ4n) is 6.78. The number of hydrogen-bond donors (Lipinski definition) is 0. The first kappa shape index (κ1) is 30.6. The molecule has 1 fully saturated rings. The predicted molar refractivity (Wildman–Crippen MR) is 184 cm³/mol. The molecular weight excluding hydrogens is 594 g/mol. The second-order valence-corrected chi connectivity index (χ2v) is 12.2. The van der Waals surface area contributed by atoms with Gasteiger partial charge in [0.1, 0.15) is 17.4 Å². The van der Waals surface area contributed by atoms with Crippen LogP contribution < -0.4 is 14.5 Å². The van der Waals surface area contributed by atoms with E-state index in [1.54, 1.807) is 32.5 Å². The SMILES string of the molecule is C/N=C/c1ccc(N2CCN(Cc3ccc(Cc4ccc5c6c(cccc46)C(=O)N5Cc4ccc(OC)cc4)cc3F)CC2)c(F)c1. The molecule has 7 rings (SSSR count). The van der Waals surface area contributed by atoms with Gasteiger partial charge in [-0.3, -0.25) is 14.7 Å². The minimum Gasteiger partial charge on any atom is -0.497 e. The average molecular weight is 631 g/mol. The third-order valence-electron chi connectivity index (χ3n) is 9.24. The second kappa shape index (κ2) is 13.0. The van der Waals surface area contributed by atoms with Crippen molar-refractivity contribution in [3.63, 3.8) is 0 Å². The van der Waals surface area contributed by atoms with Gasteiger partial charge in [-0.2, -0.15) is 0 Å². The highest BCUT2D eigenvalue weighted by Crippen LogP contribution is 2.40. The molecule has 0 aliphatic carbocycles. The van der Waals surface area contributed by atoms with Crippen LogP contribution in [-0.2, 0) is 19.5 Å². The number of nitrogens with zero attached hydrogens (tertiary/aromatic N) is 4. The summed E-state index contributed by atoms with van der Waals surface area (Å²) in [4.78, 5) is 23.5. The lowest BCUT2D eigenvalue weighted by Crippen LogP contribution is -2.46. The average Bonchev–Trinajstić information content (AvgIpc) is 3.35. The van der Waals surface area contributed by atoms with Gasteiger partial charge in [-0.15, -0.1) is 0 Å². The molecule has 0 atom stereocenters. The van der Waals surface area contributed by atoms with E-state index in [0.717, 1.165) is 44.5 Å². The Morgan fingerprint density at radius 3 is 2.26 bits per heavy atom. The Bertz CT molecular complexity index is 1980. The minimum atomic E-state index is -0.254. The number of piperazine rings is 1. The number of anilines is 2. The quantitative estimate of drug-likeness (QED) is 0.161. The number of carbonyl (C=O) groups is 1. The molecule has 5 aromatic rings. The van der Waals surface area contributed by atoms with Crippen LogP contribution in [0.3, 0.4) is 0 Å². The zero-order valence-corrected chi connectivity index (χ0v) is 26.5. The Morgan fingerprint density at radius 1 is 0.787 bits per heavy atom. The molecule has 0 saturated carbocycles. The third kappa shape index (κ3) is 6.09. The molecule has 0 aromatic heterocycles. The molecule has 1 saturated heterocycles. The number of hydrogen-bond acceptors (Lipinski definition) is 5. The molecule has 5 aromatic carbocycles. The van der Waals surface area contributed by atoms with Crippen LogP contribution in [0.1, 0.15) is 38.2 Å². The van der Waals surface area contributed by atoms with Crippen molar-refractivity contribution < 1.29 is 18.3 Å². The van der Waals surface area contributed by atoms with Crippen molar-refractivity contribution in [2.45, 2.75) is 19.5 Å². The van der Waals surface area contributed by atoms with Crippen molar-refractivity contribution in [2.75, 3.05) is 50.1 Å². The Balaban J connectivity index is 1.03. The van der Waals surface area contributed by atoms with Gasteiger partial charge in [-0.25, -0.2) is 8.78 Å². The number of methoxy groups -OCH3 is 1. The van der Waals surface area contributed by atoms with Crippen molar-refractivity contribution >= 4 is 34.3 Å². The fourth-order valence-corrected chi connectivity index (χ4v) is 6.78. The standard InChI is InChI=1S/C39H36F2N4O2/c1-42-23-28-9-14-36(35(41)22-28)44-18-16-43(17-19-44)25-30-10-6-27(21-34(30)40)20-29-11-15-37-38-32(29)4-3-5-33(38)39(46)45(37)24-26-7-12-31(47-2)13-8-26/h3-15,21-23H,16-20,24-25H2,1-2H3/b42-23+. The van der Waals surface area contributed by atoms with E-state index < -0.39 is 0 Å². The second-order valence-electron chi connectivity index (χ2n) is 12.2. The molecule has 2 aliphatic rings. The van der Waals surface area contributed by atoms with Crippen molar-refractivity contribution in [2.24, 2.45) is 4.99 Å². The molecule has 0 unspecified atom stereocenters. The first-order chi connectivity index (χ1) is 22.9. The molecule has 47 heavy (non-hydrogen) atoms. The van der Waals surface area contributed by atoms with Crippen LogP contribution in [-0.4, -0.2) is 57.4 Å². The number of carbonyl (C=O) groups excluding carboxylic acids is 1. The summed E-state index contributed by atoms with van der Waals surface area (Å²) in [5, 5.41) is 1.96. The van der Waals surface area contributed by atoms with Crippen LogP contribution >= 0.6 is 0 Å². The molecule has 2 heterocycles. The predicted octanol–water partition coefficient (Wildman–Crippen LogP) is 7.25. The van der Waals surface area contributed by atoms with Crippen LogP contribution in [0, 0.1) is 11.6 Å². The number of benzene rings is 5. The van der Waals surface area contributed by atoms with Gasteiger partial charge in [0.2, 0.25) is 0 Å². The van der Waals surface area contributed by atoms with Gasteiger partial charge >= 0.3 is 0 Å². The summed E-state index contributed by atoms with van der Waals surface area (Å²) in [5.41, 5.74) is 6.51. The van der Waals surface area contributed by atoms with Crippen molar-refractivity contribution in [3.8, 4) is 5.75 Å². The molecule has 0 bridgehead atoms. The summed E-state index contributed by atoms with van der Waals surface area (Å²) >= 11 is 0. The number of rotatable bonds is 9. The van der Waals surface area contributed by atoms with Gasteiger partial charge < -0.3 is 14.5 Å². The number of ether oxygens (including phenoxy) is 1. The Morgan fingerprint density at radius 2 is 1.53 bits per heavy atom. The van der Waals surface area contributed by atoms with E-state index in [-0.39, 0.29) is 17.5 Å². The van der Waals surface area contributed by atoms with Crippen molar-refractivity contribution in [1.29, 1.82) is 0 Å². The van der Waals surface area contributed by atoms with E-state index in [4.69, 9.17) is 4.74 Å². The molecule has 6 nitrogen and oxygen atoms in total. The van der Waals surface area contributed by atoms with Crippen molar-refractivity contribution in [3.05, 3.63) is 136 Å². The zero-order valence-electron chi connectivity index (χ0n) is 26.5. The first-order valence-corrected chi connectivity index (χ1v) is 15.9. The molecule has 0 N–H and O–H groups in total. The maximum atomic E-state index is 15.5. The van der Waals surface area contributed by atoms with Crippen LogP contribution in [0.4, 0.5) is 20.2 Å². The topological polar surface area (TPSA) is 48.4 Å². The van der Waals surface area contributed by atoms with E-state index in [9.17, 15) is 9.18 Å². The fraction of sp³-hybridized carbons (Fsp3) is 0.231. The lowest BCUT2D eigenvalue weighted by atomic mass is 9.95. The van der Waals surface area contributed by atoms with Gasteiger partial charge in [-0.05, 0) is 76.5 Å². The van der Waals surface area contributed by atoms with Crippen LogP contribution in [0.25, 0.3) is 10.8 Å². The van der Waals surface area contributed by atoms with Gasteiger partial charge in [0.05, 0.1) is 25.0 Å². The van der Waals surface area contributed by atoms with Gasteiger partial charge in [0.15, 0.2) is 0 Å². The maximum absolute atomic E-state index is 15.5. The molecule has 2 aliphatic heterocycles. The third-order valence-corrected chi connectivity index (χ3v) is 9.24. The normalized spacial score (nSPS) is 14.9. The first-order valence-electron chi connectivity index (χ1n) is 15.9. The highest BCUT2D eigenvalue weighted by Gasteiger charge is 2.30. The van der Waals surface area contributed by atoms with Gasteiger partial charge in [-0.1, -0.05) is 48.5 Å². The molecule has 1 amide bonds. The van der Waals surface area contributed by atoms with Crippen LogP contribution in [0.15, 0.2) is 96.0 Å². The smallest absolute Gasteiger partial charge is 0.259 e. The Hall–Kier alpha value is -5.08. The summed E-state index contributed by atoms with van der Waals surface area (Å²) in [5.74, 6) is 0.281. The molecule has 0 radical (unpaired) electrons. The van der Waals surface area contributed by atoms with Crippen LogP contribution in [0.2, 0.25) is 0 Å². The maximum Gasteiger partial charge on any atom is 0.259 e. The lowest BCUT2D eigenvalue weighted by Gasteiger charge is -2.36. The molecular formula is C39H36F2N4O2. The van der Waals surface area contributed by atoms with E-state index >= 15 is 4.39 Å². The van der Waals surface area contributed by atoms with E-state index in [2.05, 4.69) is 16.0 Å². The van der Waals surface area contributed by atoms with Gasteiger partial charge in [0.25, 0.3) is 5.91 Å². The summed E-state index contributed by atoms with van der Waals surface area (Å²) < 4.78 is 35.5. The highest BCUT2D eigenvalue weighted by atomic mass is 19.1. The molecule has 238 valence electrons. The van der Waals surface area contributed by atoms with E-state index in [0.29, 0.717) is 62.5 Å². The largest absolute Gasteiger partial charge is 0.497 e. The van der Waals surface area contributed by atoms with E-state index in [1.165, 1.54) is 6.07 Å². The Kier molecular flexibility index (Phi) is 8.43. The summed E-state index contributed by atoms with van der Waals surface area (Å²) in [6.07, 6.45) is 2.19.